The van der Waals surface area contributed by atoms with Gasteiger partial charge in [-0.05, 0) is 36.4 Å². The van der Waals surface area contributed by atoms with Crippen molar-refractivity contribution in [2.24, 2.45) is 0 Å². The zero-order chi connectivity index (χ0) is 14.7. The summed E-state index contributed by atoms with van der Waals surface area (Å²) in [4.78, 5) is 12.0. The Hall–Kier alpha value is -1.84. The van der Waals surface area contributed by atoms with Crippen LogP contribution in [0.15, 0.2) is 54.8 Å². The Bertz CT molecular complexity index is 666. The monoisotopic (exact) mass is 310 g/mol. The fraction of sp³-hybridized carbons (Fsp3) is 0. The largest absolute Gasteiger partial charge is 0.454 e. The first-order chi connectivity index (χ1) is 9.49. The second-order valence-electron chi connectivity index (χ2n) is 3.91. The molecule has 0 saturated heterocycles. The van der Waals surface area contributed by atoms with Crippen molar-refractivity contribution in [1.29, 1.82) is 0 Å². The Balaban J connectivity index is 2.19. The quantitative estimate of drug-likeness (QED) is 0.456. The van der Waals surface area contributed by atoms with E-state index in [4.69, 9.17) is 27.9 Å². The molecule has 0 aromatic heterocycles. The Kier molecular flexibility index (Phi) is 4.42. The second-order valence-corrected chi connectivity index (χ2v) is 4.75. The topological polar surface area (TPSA) is 26.3 Å². The molecular weight excluding hydrogens is 302 g/mol. The van der Waals surface area contributed by atoms with Crippen LogP contribution in [0.2, 0.25) is 10.0 Å². The molecule has 0 radical (unpaired) electrons. The number of hydrogen-bond donors (Lipinski definition) is 0. The van der Waals surface area contributed by atoms with E-state index >= 15 is 0 Å². The molecule has 2 aromatic rings. The Morgan fingerprint density at radius 3 is 2.40 bits per heavy atom. The molecule has 0 aliphatic rings. The number of ketones is 1. The van der Waals surface area contributed by atoms with E-state index in [-0.39, 0.29) is 16.3 Å². The summed E-state index contributed by atoms with van der Waals surface area (Å²) in [7, 11) is 0. The predicted octanol–water partition coefficient (Wildman–Crippen LogP) is 4.91. The summed E-state index contributed by atoms with van der Waals surface area (Å²) in [6.07, 6.45) is 0. The molecular formula is C15H9Cl2FO2. The average Bonchev–Trinajstić information content (AvgIpc) is 2.43. The van der Waals surface area contributed by atoms with Gasteiger partial charge in [0.25, 0.3) is 0 Å². The number of Topliss-reactive ketones (excluding diaryl/α,β-unsaturated/α-hetero) is 1. The second kappa shape index (κ2) is 6.07. The number of ether oxygens (including phenoxy) is 1. The molecule has 0 atom stereocenters. The highest BCUT2D eigenvalue weighted by molar-refractivity contribution is 6.31. The lowest BCUT2D eigenvalue weighted by atomic mass is 10.1. The number of halogens is 3. The number of carbonyl (C=O) groups excluding carboxylic acids is 1. The van der Waals surface area contributed by atoms with Gasteiger partial charge in [-0.1, -0.05) is 35.8 Å². The van der Waals surface area contributed by atoms with Crippen LogP contribution >= 0.6 is 23.2 Å². The normalized spacial score (nSPS) is 10.2. The van der Waals surface area contributed by atoms with Crippen LogP contribution in [0.4, 0.5) is 4.39 Å². The SMILES string of the molecule is C=C(Oc1ccc(Cl)cc1)C(=O)c1cccc(Cl)c1F. The lowest BCUT2D eigenvalue weighted by Gasteiger charge is -2.09. The van der Waals surface area contributed by atoms with Crippen LogP contribution in [-0.4, -0.2) is 5.78 Å². The zero-order valence-electron chi connectivity index (χ0n) is 10.2. The molecule has 0 unspecified atom stereocenters. The predicted molar refractivity (Wildman–Crippen MR) is 77.0 cm³/mol. The molecule has 20 heavy (non-hydrogen) atoms. The van der Waals surface area contributed by atoms with Gasteiger partial charge in [0.15, 0.2) is 11.6 Å². The van der Waals surface area contributed by atoms with E-state index in [1.165, 1.54) is 18.2 Å². The smallest absolute Gasteiger partial charge is 0.230 e. The van der Waals surface area contributed by atoms with Crippen molar-refractivity contribution in [3.8, 4) is 5.75 Å². The minimum absolute atomic E-state index is 0.129. The van der Waals surface area contributed by atoms with E-state index < -0.39 is 11.6 Å². The molecule has 0 aliphatic carbocycles. The van der Waals surface area contributed by atoms with Gasteiger partial charge in [0.05, 0.1) is 10.6 Å². The van der Waals surface area contributed by atoms with Gasteiger partial charge in [-0.25, -0.2) is 4.39 Å². The van der Waals surface area contributed by atoms with E-state index in [1.807, 2.05) is 0 Å². The van der Waals surface area contributed by atoms with E-state index in [2.05, 4.69) is 6.58 Å². The van der Waals surface area contributed by atoms with E-state index in [0.717, 1.165) is 0 Å². The maximum absolute atomic E-state index is 13.7. The number of allylic oxidation sites excluding steroid dienone is 1. The van der Waals surface area contributed by atoms with E-state index in [0.29, 0.717) is 10.8 Å². The van der Waals surface area contributed by atoms with Gasteiger partial charge in [-0.2, -0.15) is 0 Å². The van der Waals surface area contributed by atoms with Crippen molar-refractivity contribution < 1.29 is 13.9 Å². The number of benzene rings is 2. The van der Waals surface area contributed by atoms with Gasteiger partial charge in [0, 0.05) is 5.02 Å². The highest BCUT2D eigenvalue weighted by Crippen LogP contribution is 2.22. The van der Waals surface area contributed by atoms with Gasteiger partial charge in [0.2, 0.25) is 5.78 Å². The molecule has 2 nitrogen and oxygen atoms in total. The molecule has 0 saturated carbocycles. The van der Waals surface area contributed by atoms with Gasteiger partial charge < -0.3 is 4.74 Å². The maximum Gasteiger partial charge on any atom is 0.230 e. The fourth-order valence-electron chi connectivity index (χ4n) is 1.52. The molecule has 0 fully saturated rings. The summed E-state index contributed by atoms with van der Waals surface area (Å²) < 4.78 is 19.0. The fourth-order valence-corrected chi connectivity index (χ4v) is 1.82. The Morgan fingerprint density at radius 2 is 1.75 bits per heavy atom. The van der Waals surface area contributed by atoms with Crippen molar-refractivity contribution in [3.05, 3.63) is 76.2 Å². The Labute approximate surface area is 125 Å². The van der Waals surface area contributed by atoms with Gasteiger partial charge >= 0.3 is 0 Å². The van der Waals surface area contributed by atoms with Crippen LogP contribution in [0.1, 0.15) is 10.4 Å². The van der Waals surface area contributed by atoms with Crippen molar-refractivity contribution in [1.82, 2.24) is 0 Å². The third-order valence-corrected chi connectivity index (χ3v) is 3.05. The van der Waals surface area contributed by atoms with Crippen LogP contribution in [0, 0.1) is 5.82 Å². The minimum atomic E-state index is -0.792. The molecule has 0 aliphatic heterocycles. The third kappa shape index (κ3) is 3.18. The highest BCUT2D eigenvalue weighted by atomic mass is 35.5. The first kappa shape index (κ1) is 14.6. The molecule has 5 heteroatoms. The third-order valence-electron chi connectivity index (χ3n) is 2.50. The highest BCUT2D eigenvalue weighted by Gasteiger charge is 2.18. The Morgan fingerprint density at radius 1 is 1.10 bits per heavy atom. The summed E-state index contributed by atoms with van der Waals surface area (Å²) in [5.74, 6) is -1.27. The molecule has 0 amide bonds. The summed E-state index contributed by atoms with van der Waals surface area (Å²) in [5.41, 5.74) is -0.184. The molecule has 0 N–H and O–H groups in total. The van der Waals surface area contributed by atoms with Crippen LogP contribution in [0.3, 0.4) is 0 Å². The molecule has 0 spiro atoms. The number of hydrogen-bond acceptors (Lipinski definition) is 2. The first-order valence-corrected chi connectivity index (χ1v) is 6.35. The standard InChI is InChI=1S/C15H9Cl2FO2/c1-9(20-11-7-5-10(16)6-8-11)15(19)12-3-2-4-13(17)14(12)18/h2-8H,1H2. The van der Waals surface area contributed by atoms with Gasteiger partial charge in [-0.3, -0.25) is 4.79 Å². The van der Waals surface area contributed by atoms with Gasteiger partial charge in [0.1, 0.15) is 5.75 Å². The number of carbonyl (C=O) groups is 1. The van der Waals surface area contributed by atoms with Crippen LogP contribution < -0.4 is 4.74 Å². The first-order valence-electron chi connectivity index (χ1n) is 5.60. The lowest BCUT2D eigenvalue weighted by molar-refractivity contribution is 0.0983. The molecule has 102 valence electrons. The summed E-state index contributed by atoms with van der Waals surface area (Å²) in [5, 5.41) is 0.408. The molecule has 0 bridgehead atoms. The van der Waals surface area contributed by atoms with Crippen molar-refractivity contribution in [2.75, 3.05) is 0 Å². The van der Waals surface area contributed by atoms with Crippen LogP contribution in [-0.2, 0) is 0 Å². The maximum atomic E-state index is 13.7. The van der Waals surface area contributed by atoms with Crippen LogP contribution in [0.5, 0.6) is 5.75 Å². The molecule has 0 heterocycles. The summed E-state index contributed by atoms with van der Waals surface area (Å²) in [6, 6.07) is 10.5. The molecule has 2 rings (SSSR count). The van der Waals surface area contributed by atoms with E-state index in [1.54, 1.807) is 24.3 Å². The average molecular weight is 311 g/mol. The van der Waals surface area contributed by atoms with Crippen molar-refractivity contribution in [3.63, 3.8) is 0 Å². The number of rotatable bonds is 4. The lowest BCUT2D eigenvalue weighted by Crippen LogP contribution is -2.10. The summed E-state index contributed by atoms with van der Waals surface area (Å²) >= 11 is 11.4. The zero-order valence-corrected chi connectivity index (χ0v) is 11.7. The van der Waals surface area contributed by atoms with Crippen LogP contribution in [0.25, 0.3) is 0 Å². The minimum Gasteiger partial charge on any atom is -0.454 e. The van der Waals surface area contributed by atoms with Gasteiger partial charge in [-0.15, -0.1) is 0 Å². The van der Waals surface area contributed by atoms with Crippen molar-refractivity contribution in [2.45, 2.75) is 0 Å². The molecule has 2 aromatic carbocycles. The van der Waals surface area contributed by atoms with Crippen molar-refractivity contribution >= 4 is 29.0 Å². The van der Waals surface area contributed by atoms with E-state index in [9.17, 15) is 9.18 Å². The summed E-state index contributed by atoms with van der Waals surface area (Å²) in [6.45, 7) is 3.50.